The Morgan fingerprint density at radius 1 is 1.08 bits per heavy atom. The molecular weight excluding hydrogens is 506 g/mol. The molecule has 2 heterocycles. The van der Waals surface area contributed by atoms with Crippen LogP contribution in [0.25, 0.3) is 5.76 Å². The number of hydrogen-bond donors (Lipinski definition) is 1. The Bertz CT molecular complexity index is 1350. The summed E-state index contributed by atoms with van der Waals surface area (Å²) >= 11 is 1.19. The second-order valence-electron chi connectivity index (χ2n) is 9.17. The molecule has 0 aliphatic carbocycles. The number of rotatable bonds is 10. The topological polar surface area (TPSA) is 111 Å². The number of carbonyl (C=O) groups is 2. The van der Waals surface area contributed by atoms with E-state index in [0.717, 1.165) is 6.42 Å². The number of anilines is 1. The quantitative estimate of drug-likeness (QED) is 0.211. The third kappa shape index (κ3) is 5.50. The minimum atomic E-state index is -0.951. The first kappa shape index (κ1) is 27.1. The molecule has 1 N–H and O–H groups in total. The van der Waals surface area contributed by atoms with E-state index >= 15 is 0 Å². The highest BCUT2D eigenvalue weighted by Gasteiger charge is 2.48. The lowest BCUT2D eigenvalue weighted by Gasteiger charge is -2.24. The first-order valence-electron chi connectivity index (χ1n) is 12.4. The lowest BCUT2D eigenvalue weighted by atomic mass is 9.95. The van der Waals surface area contributed by atoms with E-state index in [1.54, 1.807) is 49.4 Å². The number of aryl methyl sites for hydroxylation is 1. The number of hydrogen-bond acceptors (Lipinski definition) is 9. The number of benzene rings is 2. The first-order chi connectivity index (χ1) is 18.2. The normalized spacial score (nSPS) is 16.8. The molecule has 0 radical (unpaired) electrons. The van der Waals surface area contributed by atoms with E-state index in [4.69, 9.17) is 14.2 Å². The predicted octanol–water partition coefficient (Wildman–Crippen LogP) is 5.31. The van der Waals surface area contributed by atoms with Crippen molar-refractivity contribution in [3.8, 4) is 17.2 Å². The second-order valence-corrected chi connectivity index (χ2v) is 10.3. The lowest BCUT2D eigenvalue weighted by molar-refractivity contribution is -0.132. The van der Waals surface area contributed by atoms with Gasteiger partial charge in [0.2, 0.25) is 5.13 Å². The molecule has 10 heteroatoms. The van der Waals surface area contributed by atoms with Crippen LogP contribution in [-0.4, -0.2) is 47.3 Å². The summed E-state index contributed by atoms with van der Waals surface area (Å²) < 4.78 is 17.0. The van der Waals surface area contributed by atoms with Crippen LogP contribution in [0.1, 0.15) is 49.4 Å². The molecule has 3 aromatic rings. The number of aliphatic hydroxyl groups excluding tert-OH is 1. The Kier molecular flexibility index (Phi) is 8.31. The molecular formula is C28H31N3O6S. The highest BCUT2D eigenvalue weighted by atomic mass is 32.1. The van der Waals surface area contributed by atoms with Gasteiger partial charge >= 0.3 is 5.91 Å². The molecule has 1 aliphatic heterocycles. The van der Waals surface area contributed by atoms with Gasteiger partial charge in [-0.2, -0.15) is 0 Å². The van der Waals surface area contributed by atoms with Crippen LogP contribution >= 0.6 is 11.3 Å². The molecule has 1 aromatic heterocycles. The number of ketones is 1. The average Bonchev–Trinajstić information content (AvgIpc) is 3.44. The van der Waals surface area contributed by atoms with Gasteiger partial charge in [-0.15, -0.1) is 10.2 Å². The molecule has 0 bridgehead atoms. The summed E-state index contributed by atoms with van der Waals surface area (Å²) in [5.74, 6) is 0.223. The summed E-state index contributed by atoms with van der Waals surface area (Å²) in [7, 11) is 1.54. The van der Waals surface area contributed by atoms with Gasteiger partial charge in [0.25, 0.3) is 5.78 Å². The van der Waals surface area contributed by atoms with E-state index in [1.807, 2.05) is 6.92 Å². The van der Waals surface area contributed by atoms with Crippen molar-refractivity contribution in [2.45, 2.75) is 40.2 Å². The molecule has 0 saturated carbocycles. The van der Waals surface area contributed by atoms with Gasteiger partial charge in [0, 0.05) is 5.56 Å². The molecule has 1 amide bonds. The van der Waals surface area contributed by atoms with Crippen LogP contribution < -0.4 is 19.1 Å². The average molecular weight is 538 g/mol. The number of amides is 1. The molecule has 9 nitrogen and oxygen atoms in total. The van der Waals surface area contributed by atoms with Crippen LogP contribution in [0, 0.1) is 12.8 Å². The van der Waals surface area contributed by atoms with Gasteiger partial charge in [-0.25, -0.2) is 0 Å². The van der Waals surface area contributed by atoms with Crippen LogP contribution in [-0.2, 0) is 9.59 Å². The van der Waals surface area contributed by atoms with E-state index in [0.29, 0.717) is 52.5 Å². The smallest absolute Gasteiger partial charge is 0.301 e. The zero-order chi connectivity index (χ0) is 27.4. The molecule has 1 fully saturated rings. The molecule has 2 aromatic carbocycles. The zero-order valence-corrected chi connectivity index (χ0v) is 22.9. The first-order valence-corrected chi connectivity index (χ1v) is 13.2. The fourth-order valence-electron chi connectivity index (χ4n) is 4.12. The Labute approximate surface area is 225 Å². The minimum Gasteiger partial charge on any atom is -0.507 e. The Balaban J connectivity index is 1.85. The number of Topliss-reactive ketones (excluding diaryl/α,β-unsaturated/α-hetero) is 1. The van der Waals surface area contributed by atoms with Crippen LogP contribution in [0.5, 0.6) is 17.2 Å². The van der Waals surface area contributed by atoms with Gasteiger partial charge in [-0.1, -0.05) is 31.3 Å². The van der Waals surface area contributed by atoms with Gasteiger partial charge in [0.1, 0.15) is 16.5 Å². The van der Waals surface area contributed by atoms with E-state index in [-0.39, 0.29) is 16.5 Å². The number of methoxy groups -OCH3 is 1. The Morgan fingerprint density at radius 2 is 1.82 bits per heavy atom. The molecule has 1 saturated heterocycles. The lowest BCUT2D eigenvalue weighted by Crippen LogP contribution is -2.29. The van der Waals surface area contributed by atoms with Gasteiger partial charge in [0.05, 0.1) is 31.9 Å². The summed E-state index contributed by atoms with van der Waals surface area (Å²) in [6.07, 6.45) is 0.881. The van der Waals surface area contributed by atoms with E-state index in [1.165, 1.54) is 23.3 Å². The fourth-order valence-corrected chi connectivity index (χ4v) is 4.83. The highest BCUT2D eigenvalue weighted by Crippen LogP contribution is 2.45. The Morgan fingerprint density at radius 3 is 2.42 bits per heavy atom. The third-order valence-corrected chi connectivity index (χ3v) is 6.90. The number of carbonyl (C=O) groups excluding carboxylic acids is 2. The number of nitrogens with zero attached hydrogens (tertiary/aromatic N) is 3. The Hall–Kier alpha value is -3.92. The fraction of sp³-hybridized carbons (Fsp3) is 0.357. The van der Waals surface area contributed by atoms with Gasteiger partial charge in [-0.05, 0) is 68.1 Å². The van der Waals surface area contributed by atoms with E-state index < -0.39 is 17.7 Å². The summed E-state index contributed by atoms with van der Waals surface area (Å²) in [5.41, 5.74) is 0.886. The SMILES string of the molecule is CCOc1cc(C2/C(=C(\O)c3ccc(OC)cc3)C(=O)C(=O)N2c2nnc(C)s2)ccc1OCCC(C)C. The number of aliphatic hydroxyl groups is 1. The molecule has 0 spiro atoms. The maximum Gasteiger partial charge on any atom is 0.301 e. The molecule has 200 valence electrons. The number of ether oxygens (including phenoxy) is 3. The van der Waals surface area contributed by atoms with Crippen molar-refractivity contribution in [3.63, 3.8) is 0 Å². The zero-order valence-electron chi connectivity index (χ0n) is 22.1. The van der Waals surface area contributed by atoms with Crippen LogP contribution in [0.2, 0.25) is 0 Å². The van der Waals surface area contributed by atoms with Crippen molar-refractivity contribution in [2.24, 2.45) is 5.92 Å². The maximum absolute atomic E-state index is 13.4. The van der Waals surface area contributed by atoms with Gasteiger partial charge < -0.3 is 19.3 Å². The summed E-state index contributed by atoms with van der Waals surface area (Å²) in [4.78, 5) is 28.0. The number of aromatic nitrogens is 2. The van der Waals surface area contributed by atoms with Gasteiger partial charge in [-0.3, -0.25) is 14.5 Å². The monoisotopic (exact) mass is 537 g/mol. The maximum atomic E-state index is 13.4. The summed E-state index contributed by atoms with van der Waals surface area (Å²) in [5, 5.41) is 20.4. The third-order valence-electron chi connectivity index (χ3n) is 6.07. The van der Waals surface area contributed by atoms with E-state index in [2.05, 4.69) is 24.0 Å². The second kappa shape index (κ2) is 11.6. The van der Waals surface area contributed by atoms with Gasteiger partial charge in [0.15, 0.2) is 11.5 Å². The van der Waals surface area contributed by atoms with Crippen molar-refractivity contribution >= 4 is 33.9 Å². The minimum absolute atomic E-state index is 0.0519. The summed E-state index contributed by atoms with van der Waals surface area (Å²) in [6, 6.07) is 10.9. The molecule has 1 unspecified atom stereocenters. The molecule has 38 heavy (non-hydrogen) atoms. The van der Waals surface area contributed by atoms with E-state index in [9.17, 15) is 14.7 Å². The largest absolute Gasteiger partial charge is 0.507 e. The van der Waals surface area contributed by atoms with Crippen molar-refractivity contribution in [3.05, 3.63) is 64.2 Å². The molecule has 1 aliphatic rings. The molecule has 1 atom stereocenters. The van der Waals surface area contributed by atoms with Crippen molar-refractivity contribution in [2.75, 3.05) is 25.2 Å². The van der Waals surface area contributed by atoms with Crippen molar-refractivity contribution in [1.82, 2.24) is 10.2 Å². The van der Waals surface area contributed by atoms with Crippen LogP contribution in [0.3, 0.4) is 0 Å². The van der Waals surface area contributed by atoms with Crippen molar-refractivity contribution < 1.29 is 28.9 Å². The highest BCUT2D eigenvalue weighted by molar-refractivity contribution is 7.15. The van der Waals surface area contributed by atoms with Crippen LogP contribution in [0.4, 0.5) is 5.13 Å². The standard InChI is InChI=1S/C28H31N3O6S/c1-6-36-22-15-19(9-12-21(22)37-14-13-16(2)3)24-23(25(32)18-7-10-20(35-5)11-8-18)26(33)27(34)31(24)28-30-29-17(4)38-28/h7-12,15-16,24,32H,6,13-14H2,1-5H3/b25-23+. The summed E-state index contributed by atoms with van der Waals surface area (Å²) in [6.45, 7) is 8.79. The molecule has 4 rings (SSSR count). The van der Waals surface area contributed by atoms with Crippen LogP contribution in [0.15, 0.2) is 48.0 Å². The predicted molar refractivity (Wildman–Crippen MR) is 145 cm³/mol. The van der Waals surface area contributed by atoms with Crippen molar-refractivity contribution in [1.29, 1.82) is 0 Å².